The van der Waals surface area contributed by atoms with Crippen LogP contribution in [0.3, 0.4) is 0 Å². The number of amides is 1. The Morgan fingerprint density at radius 3 is 2.76 bits per heavy atom. The van der Waals surface area contributed by atoms with Gasteiger partial charge in [0.1, 0.15) is 12.4 Å². The van der Waals surface area contributed by atoms with E-state index < -0.39 is 5.41 Å². The van der Waals surface area contributed by atoms with Crippen LogP contribution < -0.4 is 4.74 Å². The number of esters is 1. The maximum absolute atomic E-state index is 12.8. The van der Waals surface area contributed by atoms with Gasteiger partial charge in [-0.05, 0) is 43.9 Å². The Morgan fingerprint density at radius 2 is 2.08 bits per heavy atom. The molecule has 138 valence electrons. The molecule has 0 N–H and O–H groups in total. The molecule has 0 aliphatic carbocycles. The first-order chi connectivity index (χ1) is 12.0. The molecule has 1 amide bonds. The molecule has 1 aliphatic rings. The van der Waals surface area contributed by atoms with Crippen LogP contribution in [0, 0.1) is 5.41 Å². The first-order valence-electron chi connectivity index (χ1n) is 8.61. The van der Waals surface area contributed by atoms with Gasteiger partial charge in [0.2, 0.25) is 5.91 Å². The van der Waals surface area contributed by atoms with E-state index in [4.69, 9.17) is 14.2 Å². The molecule has 0 aromatic heterocycles. The van der Waals surface area contributed by atoms with E-state index in [9.17, 15) is 9.59 Å². The van der Waals surface area contributed by atoms with Crippen molar-refractivity contribution in [3.8, 4) is 5.75 Å². The van der Waals surface area contributed by atoms with Crippen LogP contribution in [0.4, 0.5) is 0 Å². The number of benzene rings is 1. The van der Waals surface area contributed by atoms with Gasteiger partial charge in [0.15, 0.2) is 0 Å². The summed E-state index contributed by atoms with van der Waals surface area (Å²) in [5.74, 6) is 0.411. The van der Waals surface area contributed by atoms with Gasteiger partial charge in [-0.25, -0.2) is 0 Å². The van der Waals surface area contributed by atoms with Gasteiger partial charge in [-0.15, -0.1) is 0 Å². The number of ether oxygens (including phenoxy) is 3. The van der Waals surface area contributed by atoms with Crippen LogP contribution in [0.2, 0.25) is 0 Å². The van der Waals surface area contributed by atoms with Crippen molar-refractivity contribution in [2.75, 3.05) is 40.5 Å². The van der Waals surface area contributed by atoms with E-state index in [1.54, 1.807) is 18.9 Å². The Bertz CT molecular complexity index is 603. The van der Waals surface area contributed by atoms with Crippen LogP contribution in [0.15, 0.2) is 24.3 Å². The summed E-state index contributed by atoms with van der Waals surface area (Å²) in [6, 6.07) is 7.68. The molecule has 0 radical (unpaired) electrons. The summed E-state index contributed by atoms with van der Waals surface area (Å²) in [6.45, 7) is 3.14. The number of piperidine rings is 1. The summed E-state index contributed by atoms with van der Waals surface area (Å²) in [7, 11) is 3.11. The van der Waals surface area contributed by atoms with E-state index in [2.05, 4.69) is 0 Å². The molecule has 2 rings (SSSR count). The van der Waals surface area contributed by atoms with Gasteiger partial charge in [-0.2, -0.15) is 0 Å². The smallest absolute Gasteiger partial charge is 0.314 e. The van der Waals surface area contributed by atoms with Gasteiger partial charge in [0.05, 0.1) is 19.1 Å². The molecule has 0 bridgehead atoms. The molecule has 0 saturated carbocycles. The topological polar surface area (TPSA) is 65.1 Å². The second kappa shape index (κ2) is 8.85. The molecule has 6 nitrogen and oxygen atoms in total. The quantitative estimate of drug-likeness (QED) is 0.705. The Labute approximate surface area is 149 Å². The predicted octanol–water partition coefficient (Wildman–Crippen LogP) is 2.06. The minimum Gasteiger partial charge on any atom is -0.497 e. The average molecular weight is 349 g/mol. The first-order valence-corrected chi connectivity index (χ1v) is 8.61. The Balaban J connectivity index is 2.27. The highest BCUT2D eigenvalue weighted by Gasteiger charge is 2.44. The van der Waals surface area contributed by atoms with Gasteiger partial charge in [-0.1, -0.05) is 12.1 Å². The van der Waals surface area contributed by atoms with Crippen LogP contribution in [-0.4, -0.2) is 57.3 Å². The fraction of sp³-hybridized carbons (Fsp3) is 0.579. The van der Waals surface area contributed by atoms with Crippen molar-refractivity contribution >= 4 is 11.9 Å². The number of carbonyl (C=O) groups is 2. The summed E-state index contributed by atoms with van der Waals surface area (Å²) in [6.07, 6.45) is 1.97. The number of likely N-dealkylation sites (tertiary alicyclic amines) is 1. The van der Waals surface area contributed by atoms with Gasteiger partial charge in [0.25, 0.3) is 0 Å². The van der Waals surface area contributed by atoms with Gasteiger partial charge < -0.3 is 19.1 Å². The van der Waals surface area contributed by atoms with Crippen LogP contribution in [0.25, 0.3) is 0 Å². The lowest BCUT2D eigenvalue weighted by molar-refractivity contribution is -0.161. The van der Waals surface area contributed by atoms with Gasteiger partial charge >= 0.3 is 5.97 Å². The summed E-state index contributed by atoms with van der Waals surface area (Å²) in [5, 5.41) is 0. The monoisotopic (exact) mass is 349 g/mol. The van der Waals surface area contributed by atoms with Crippen molar-refractivity contribution in [1.82, 2.24) is 4.90 Å². The number of methoxy groups -OCH3 is 2. The summed E-state index contributed by atoms with van der Waals surface area (Å²) >= 11 is 0. The van der Waals surface area contributed by atoms with Crippen molar-refractivity contribution in [2.45, 2.75) is 26.2 Å². The van der Waals surface area contributed by atoms with Gasteiger partial charge in [-0.3, -0.25) is 9.59 Å². The second-order valence-electron chi connectivity index (χ2n) is 6.38. The van der Waals surface area contributed by atoms with Crippen LogP contribution in [0.5, 0.6) is 5.75 Å². The predicted molar refractivity (Wildman–Crippen MR) is 93.5 cm³/mol. The Morgan fingerprint density at radius 1 is 1.28 bits per heavy atom. The molecule has 1 heterocycles. The molecule has 1 aromatic rings. The lowest BCUT2D eigenvalue weighted by atomic mass is 9.75. The van der Waals surface area contributed by atoms with E-state index in [-0.39, 0.29) is 18.5 Å². The third-order valence-electron chi connectivity index (χ3n) is 4.58. The van der Waals surface area contributed by atoms with Crippen LogP contribution >= 0.6 is 0 Å². The fourth-order valence-corrected chi connectivity index (χ4v) is 3.40. The van der Waals surface area contributed by atoms with Crippen molar-refractivity contribution < 1.29 is 23.8 Å². The van der Waals surface area contributed by atoms with E-state index in [0.717, 1.165) is 17.7 Å². The molecule has 0 spiro atoms. The van der Waals surface area contributed by atoms with Crippen molar-refractivity contribution in [1.29, 1.82) is 0 Å². The highest BCUT2D eigenvalue weighted by molar-refractivity contribution is 5.81. The van der Waals surface area contributed by atoms with Crippen LogP contribution in [-0.2, 0) is 25.5 Å². The Hall–Kier alpha value is -2.08. The zero-order valence-electron chi connectivity index (χ0n) is 15.2. The maximum atomic E-state index is 12.8. The van der Waals surface area contributed by atoms with E-state index in [0.29, 0.717) is 32.5 Å². The number of rotatable bonds is 7. The van der Waals surface area contributed by atoms with E-state index in [1.165, 1.54) is 7.11 Å². The van der Waals surface area contributed by atoms with Crippen molar-refractivity contribution in [3.63, 3.8) is 0 Å². The molecule has 1 fully saturated rings. The molecule has 1 atom stereocenters. The zero-order chi connectivity index (χ0) is 18.3. The van der Waals surface area contributed by atoms with Crippen molar-refractivity contribution in [3.05, 3.63) is 29.8 Å². The first kappa shape index (κ1) is 19.2. The molecule has 1 unspecified atom stereocenters. The van der Waals surface area contributed by atoms with Crippen LogP contribution in [0.1, 0.15) is 25.3 Å². The molecular formula is C19H27NO5. The summed E-state index contributed by atoms with van der Waals surface area (Å²) in [5.41, 5.74) is 0.262. The number of carbonyl (C=O) groups excluding carboxylic acids is 2. The third kappa shape index (κ3) is 4.72. The standard InChI is InChI=1S/C19H27NO5/c1-4-25-18(22)19(12-15-7-5-8-16(11-15)24-3)9-6-10-20(14-19)17(21)13-23-2/h5,7-8,11H,4,6,9-10,12-14H2,1-3H3. The molecule has 1 saturated heterocycles. The molecule has 1 aliphatic heterocycles. The molecule has 1 aromatic carbocycles. The summed E-state index contributed by atoms with van der Waals surface area (Å²) in [4.78, 5) is 26.7. The maximum Gasteiger partial charge on any atom is 0.314 e. The highest BCUT2D eigenvalue weighted by atomic mass is 16.5. The lowest BCUT2D eigenvalue weighted by Crippen LogP contribution is -2.52. The number of hydrogen-bond donors (Lipinski definition) is 0. The second-order valence-corrected chi connectivity index (χ2v) is 6.38. The number of hydrogen-bond acceptors (Lipinski definition) is 5. The fourth-order valence-electron chi connectivity index (χ4n) is 3.40. The van der Waals surface area contributed by atoms with Gasteiger partial charge in [0, 0.05) is 20.2 Å². The minimum atomic E-state index is -0.732. The zero-order valence-corrected chi connectivity index (χ0v) is 15.2. The largest absolute Gasteiger partial charge is 0.497 e. The summed E-state index contributed by atoms with van der Waals surface area (Å²) < 4.78 is 15.6. The van der Waals surface area contributed by atoms with E-state index >= 15 is 0 Å². The molecular weight excluding hydrogens is 322 g/mol. The minimum absolute atomic E-state index is 0.0259. The average Bonchev–Trinajstić information content (AvgIpc) is 2.62. The normalized spacial score (nSPS) is 20.2. The third-order valence-corrected chi connectivity index (χ3v) is 4.58. The lowest BCUT2D eigenvalue weighted by Gasteiger charge is -2.41. The number of nitrogens with zero attached hydrogens (tertiary/aromatic N) is 1. The highest BCUT2D eigenvalue weighted by Crippen LogP contribution is 2.36. The molecule has 25 heavy (non-hydrogen) atoms. The molecule has 6 heteroatoms. The van der Waals surface area contributed by atoms with Crippen molar-refractivity contribution in [2.24, 2.45) is 5.41 Å². The van der Waals surface area contributed by atoms with E-state index in [1.807, 2.05) is 24.3 Å². The Kier molecular flexibility index (Phi) is 6.82. The SMILES string of the molecule is CCOC(=O)C1(Cc2cccc(OC)c2)CCCN(C(=O)COC)C1.